The number of carbonyl (C=O) groups is 1. The van der Waals surface area contributed by atoms with E-state index in [1.807, 2.05) is 12.1 Å². The van der Waals surface area contributed by atoms with Crippen LogP contribution in [0.25, 0.3) is 0 Å². The first kappa shape index (κ1) is 23.0. The third-order valence-electron chi connectivity index (χ3n) is 5.28. The van der Waals surface area contributed by atoms with Gasteiger partial charge in [0.2, 0.25) is 5.91 Å². The summed E-state index contributed by atoms with van der Waals surface area (Å²) in [6, 6.07) is 6.77. The van der Waals surface area contributed by atoms with Crippen molar-refractivity contribution in [2.45, 2.75) is 39.2 Å². The number of hydrogen-bond donors (Lipinski definition) is 3. The molecule has 1 aromatic rings. The molecule has 0 heterocycles. The van der Waals surface area contributed by atoms with Gasteiger partial charge in [0.15, 0.2) is 0 Å². The van der Waals surface area contributed by atoms with Crippen molar-refractivity contribution in [1.29, 1.82) is 0 Å². The number of benzene rings is 1. The lowest BCUT2D eigenvalue weighted by molar-refractivity contribution is -0.131. The molecular formula is C22H32ClN5O. The van der Waals surface area contributed by atoms with Gasteiger partial charge in [-0.15, -0.1) is 0 Å². The Morgan fingerprint density at radius 3 is 2.62 bits per heavy atom. The summed E-state index contributed by atoms with van der Waals surface area (Å²) in [7, 11) is 1.75. The van der Waals surface area contributed by atoms with Gasteiger partial charge < -0.3 is 21.7 Å². The van der Waals surface area contributed by atoms with Crippen LogP contribution in [-0.4, -0.2) is 42.8 Å². The number of nitrogens with zero attached hydrogens (tertiary/aromatic N) is 2. The second-order valence-corrected chi connectivity index (χ2v) is 8.50. The first-order valence-electron chi connectivity index (χ1n) is 9.82. The Hall–Kier alpha value is -2.31. The monoisotopic (exact) mass is 417 g/mol. The van der Waals surface area contributed by atoms with Crippen LogP contribution in [0.4, 0.5) is 0 Å². The van der Waals surface area contributed by atoms with Gasteiger partial charge in [-0.05, 0) is 42.4 Å². The predicted octanol–water partition coefficient (Wildman–Crippen LogP) is 2.83. The second kappa shape index (κ2) is 9.94. The van der Waals surface area contributed by atoms with Crippen LogP contribution in [0.2, 0.25) is 5.02 Å². The first-order valence-corrected chi connectivity index (χ1v) is 10.2. The number of nitrogens with one attached hydrogen (secondary N) is 1. The van der Waals surface area contributed by atoms with E-state index < -0.39 is 6.04 Å². The van der Waals surface area contributed by atoms with Crippen LogP contribution in [0.15, 0.2) is 53.3 Å². The molecule has 0 aliphatic heterocycles. The van der Waals surface area contributed by atoms with Crippen LogP contribution in [0.5, 0.6) is 0 Å². The molecular weight excluding hydrogens is 386 g/mol. The lowest BCUT2D eigenvalue weighted by atomic mass is 9.85. The number of amidine groups is 1. The fraction of sp³-hybridized carbons (Fsp3) is 0.455. The molecule has 1 amide bonds. The Labute approximate surface area is 178 Å². The van der Waals surface area contributed by atoms with Crippen molar-refractivity contribution in [3.8, 4) is 0 Å². The molecule has 1 aliphatic carbocycles. The average molecular weight is 418 g/mol. The maximum atomic E-state index is 12.6. The second-order valence-electron chi connectivity index (χ2n) is 8.07. The summed E-state index contributed by atoms with van der Waals surface area (Å²) in [4.78, 5) is 18.6. The number of nitrogens with two attached hydrogens (primary N) is 2. The zero-order valence-corrected chi connectivity index (χ0v) is 18.3. The van der Waals surface area contributed by atoms with Crippen molar-refractivity contribution in [1.82, 2.24) is 10.2 Å². The van der Waals surface area contributed by atoms with Crippen molar-refractivity contribution < 1.29 is 4.79 Å². The van der Waals surface area contributed by atoms with Gasteiger partial charge in [-0.25, -0.2) is 4.99 Å². The maximum absolute atomic E-state index is 12.6. The van der Waals surface area contributed by atoms with Crippen molar-refractivity contribution in [3.63, 3.8) is 0 Å². The Balaban J connectivity index is 1.91. The van der Waals surface area contributed by atoms with Gasteiger partial charge in [0.05, 0.1) is 6.04 Å². The quantitative estimate of drug-likeness (QED) is 0.447. The van der Waals surface area contributed by atoms with Crippen molar-refractivity contribution in [2.24, 2.45) is 21.9 Å². The standard InChI is InChI=1S/C22H32ClN5O/c1-5-26-20(19-17(24)10-11-22(19,2)3)27-12-13-28(4)21(29)18(25)14-15-6-8-16(23)9-7-15/h5-9,18H,1,10-14,24-25H2,2-4H3,(H,26,27)/t18-/m1/s1. The molecule has 2 rings (SSSR count). The van der Waals surface area contributed by atoms with Crippen LogP contribution >= 0.6 is 11.6 Å². The fourth-order valence-corrected chi connectivity index (χ4v) is 3.72. The fourth-order valence-electron chi connectivity index (χ4n) is 3.59. The summed E-state index contributed by atoms with van der Waals surface area (Å²) in [6.07, 6.45) is 3.82. The predicted molar refractivity (Wildman–Crippen MR) is 121 cm³/mol. The molecule has 1 aliphatic rings. The number of rotatable bonds is 8. The summed E-state index contributed by atoms with van der Waals surface area (Å²) < 4.78 is 0. The molecule has 0 saturated carbocycles. The van der Waals surface area contributed by atoms with Gasteiger partial charge in [0.1, 0.15) is 5.84 Å². The van der Waals surface area contributed by atoms with Crippen LogP contribution in [0.3, 0.4) is 0 Å². The highest BCUT2D eigenvalue weighted by Gasteiger charge is 2.34. The van der Waals surface area contributed by atoms with Crippen molar-refractivity contribution in [3.05, 3.63) is 58.9 Å². The highest BCUT2D eigenvalue weighted by Crippen LogP contribution is 2.40. The topological polar surface area (TPSA) is 96.7 Å². The van der Waals surface area contributed by atoms with E-state index in [2.05, 4.69) is 30.7 Å². The normalized spacial score (nSPS) is 17.2. The third kappa shape index (κ3) is 6.08. The molecule has 5 N–H and O–H groups in total. The molecule has 158 valence electrons. The Kier molecular flexibility index (Phi) is 7.88. The number of allylic oxidation sites excluding steroid dienone is 1. The molecule has 29 heavy (non-hydrogen) atoms. The van der Waals surface area contributed by atoms with E-state index in [9.17, 15) is 4.79 Å². The molecule has 0 saturated heterocycles. The highest BCUT2D eigenvalue weighted by atomic mass is 35.5. The molecule has 0 bridgehead atoms. The van der Waals surface area contributed by atoms with E-state index in [-0.39, 0.29) is 11.3 Å². The summed E-state index contributed by atoms with van der Waals surface area (Å²) in [5.41, 5.74) is 15.2. The van der Waals surface area contributed by atoms with Gasteiger partial charge in [-0.3, -0.25) is 4.79 Å². The molecule has 1 atom stereocenters. The Morgan fingerprint density at radius 1 is 1.41 bits per heavy atom. The molecule has 6 nitrogen and oxygen atoms in total. The van der Waals surface area contributed by atoms with E-state index in [0.29, 0.717) is 24.5 Å². The van der Waals surface area contributed by atoms with Crippen molar-refractivity contribution >= 4 is 23.3 Å². The van der Waals surface area contributed by atoms with E-state index in [1.165, 1.54) is 6.20 Å². The number of amides is 1. The lowest BCUT2D eigenvalue weighted by Gasteiger charge is -2.26. The minimum absolute atomic E-state index is 0.0401. The molecule has 0 radical (unpaired) electrons. The minimum Gasteiger partial charge on any atom is -0.402 e. The van der Waals surface area contributed by atoms with Gasteiger partial charge in [-0.2, -0.15) is 0 Å². The number of halogens is 1. The maximum Gasteiger partial charge on any atom is 0.239 e. The van der Waals surface area contributed by atoms with E-state index >= 15 is 0 Å². The van der Waals surface area contributed by atoms with Crippen LogP contribution < -0.4 is 16.8 Å². The molecule has 0 spiro atoms. The third-order valence-corrected chi connectivity index (χ3v) is 5.53. The van der Waals surface area contributed by atoms with E-state index in [4.69, 9.17) is 23.1 Å². The van der Waals surface area contributed by atoms with Crippen molar-refractivity contribution in [2.75, 3.05) is 20.1 Å². The molecule has 7 heteroatoms. The summed E-state index contributed by atoms with van der Waals surface area (Å²) >= 11 is 5.90. The zero-order chi connectivity index (χ0) is 21.6. The number of carbonyl (C=O) groups excluding carboxylic acids is 1. The Bertz CT molecular complexity index is 798. The van der Waals surface area contributed by atoms with Crippen LogP contribution in [-0.2, 0) is 11.2 Å². The van der Waals surface area contributed by atoms with Gasteiger partial charge in [0, 0.05) is 42.6 Å². The summed E-state index contributed by atoms with van der Waals surface area (Å²) in [5, 5.41) is 3.98. The SMILES string of the molecule is C=C/N=C(/NCCN(C)C(=O)[C@H](N)Cc1ccc(Cl)cc1)C1=C(N)CCC1(C)C. The van der Waals surface area contributed by atoms with Gasteiger partial charge >= 0.3 is 0 Å². The van der Waals surface area contributed by atoms with Crippen LogP contribution in [0, 0.1) is 5.41 Å². The smallest absolute Gasteiger partial charge is 0.239 e. The largest absolute Gasteiger partial charge is 0.402 e. The van der Waals surface area contributed by atoms with E-state index in [0.717, 1.165) is 35.5 Å². The number of aliphatic imine (C=N–C) groups is 1. The lowest BCUT2D eigenvalue weighted by Crippen LogP contribution is -2.46. The summed E-state index contributed by atoms with van der Waals surface area (Å²) in [5.74, 6) is 0.621. The molecule has 1 aromatic carbocycles. The first-order chi connectivity index (χ1) is 13.7. The number of hydrogen-bond acceptors (Lipinski definition) is 4. The molecule has 0 fully saturated rings. The molecule has 0 aromatic heterocycles. The molecule has 0 unspecified atom stereocenters. The van der Waals surface area contributed by atoms with Gasteiger partial charge in [0.25, 0.3) is 0 Å². The van der Waals surface area contributed by atoms with Crippen LogP contribution in [0.1, 0.15) is 32.3 Å². The zero-order valence-electron chi connectivity index (χ0n) is 17.5. The summed E-state index contributed by atoms with van der Waals surface area (Å²) in [6.45, 7) is 9.06. The van der Waals surface area contributed by atoms with Gasteiger partial charge in [-0.1, -0.05) is 44.2 Å². The minimum atomic E-state index is -0.602. The van der Waals surface area contributed by atoms with E-state index in [1.54, 1.807) is 24.1 Å². The Morgan fingerprint density at radius 2 is 2.07 bits per heavy atom. The highest BCUT2D eigenvalue weighted by molar-refractivity contribution is 6.30. The number of likely N-dealkylation sites (N-methyl/N-ethyl adjacent to an activating group) is 1. The average Bonchev–Trinajstić information content (AvgIpc) is 2.94.